The maximum atomic E-state index is 13.1. The van der Waals surface area contributed by atoms with Gasteiger partial charge in [0.15, 0.2) is 0 Å². The summed E-state index contributed by atoms with van der Waals surface area (Å²) in [5, 5.41) is 0. The van der Waals surface area contributed by atoms with Crippen LogP contribution in [0.5, 0.6) is 0 Å². The van der Waals surface area contributed by atoms with Crippen molar-refractivity contribution < 1.29 is 23.7 Å². The monoisotopic (exact) mass is 478 g/mol. The van der Waals surface area contributed by atoms with Crippen LogP contribution in [0.15, 0.2) is 11.6 Å². The van der Waals surface area contributed by atoms with Crippen molar-refractivity contribution >= 4 is 6.09 Å². The Morgan fingerprint density at radius 3 is 2.59 bits per heavy atom. The average molecular weight is 479 g/mol. The molecule has 194 valence electrons. The van der Waals surface area contributed by atoms with E-state index in [1.807, 2.05) is 4.90 Å². The van der Waals surface area contributed by atoms with Gasteiger partial charge in [0.2, 0.25) is 0 Å². The van der Waals surface area contributed by atoms with Crippen molar-refractivity contribution in [3.8, 4) is 0 Å². The van der Waals surface area contributed by atoms with Crippen LogP contribution in [-0.2, 0) is 18.9 Å². The number of hydrogen-bond acceptors (Lipinski definition) is 6. The Labute approximate surface area is 206 Å². The Hall–Kier alpha value is -1.15. The summed E-state index contributed by atoms with van der Waals surface area (Å²) in [6.07, 6.45) is 6.48. The molecular weight excluding hydrogens is 432 g/mol. The molecule has 0 N–H and O–H groups in total. The third-order valence-electron chi connectivity index (χ3n) is 8.78. The highest BCUT2D eigenvalue weighted by atomic mass is 16.6. The zero-order chi connectivity index (χ0) is 24.5. The lowest BCUT2D eigenvalue weighted by atomic mass is 9.68. The zero-order valence-corrected chi connectivity index (χ0v) is 22.2. The molecule has 7 nitrogen and oxygen atoms in total. The van der Waals surface area contributed by atoms with Gasteiger partial charge in [-0.25, -0.2) is 4.79 Å². The second kappa shape index (κ2) is 10.5. The number of rotatable bonds is 10. The lowest BCUT2D eigenvalue weighted by molar-refractivity contribution is -0.121. The Balaban J connectivity index is 1.35. The second-order valence-corrected chi connectivity index (χ2v) is 11.2. The van der Waals surface area contributed by atoms with E-state index in [-0.39, 0.29) is 41.5 Å². The van der Waals surface area contributed by atoms with Crippen LogP contribution in [0.25, 0.3) is 0 Å². The van der Waals surface area contributed by atoms with Crippen molar-refractivity contribution in [1.82, 2.24) is 9.80 Å². The van der Waals surface area contributed by atoms with Crippen LogP contribution in [0.4, 0.5) is 4.79 Å². The molecule has 1 saturated carbocycles. The van der Waals surface area contributed by atoms with Crippen LogP contribution < -0.4 is 0 Å². The van der Waals surface area contributed by atoms with Crippen molar-refractivity contribution in [2.24, 2.45) is 11.8 Å². The van der Waals surface area contributed by atoms with Gasteiger partial charge in [-0.05, 0) is 78.4 Å². The average Bonchev–Trinajstić information content (AvgIpc) is 3.67. The number of amides is 1. The minimum atomic E-state index is -0.308. The van der Waals surface area contributed by atoms with Gasteiger partial charge in [0, 0.05) is 20.2 Å². The van der Waals surface area contributed by atoms with Gasteiger partial charge < -0.3 is 28.7 Å². The molecular formula is C27H46N2O5. The molecule has 34 heavy (non-hydrogen) atoms. The topological polar surface area (TPSA) is 67.1 Å². The van der Waals surface area contributed by atoms with Gasteiger partial charge in [0.1, 0.15) is 23.4 Å². The number of likely N-dealkylation sites (tertiary alicyclic amines) is 1. The van der Waals surface area contributed by atoms with Gasteiger partial charge in [0.25, 0.3) is 0 Å². The standard InChI is InChI=1S/C27H46N2O5/c1-7-28(8-2)15-12-20-13-16-29(17-20)25(30)33-21-11-14-27(18-32-27)24(23(21)31-6)26(5)22(34-26)10-9-19(3)4/h9,20-24H,7-8,10-18H2,1-6H3/t20-,21-,22-,23-,24?,26+,27+/m1/s1. The molecule has 0 radical (unpaired) electrons. The summed E-state index contributed by atoms with van der Waals surface area (Å²) in [4.78, 5) is 17.5. The number of carbonyl (C=O) groups excluding carboxylic acids is 1. The third kappa shape index (κ3) is 5.32. The third-order valence-corrected chi connectivity index (χ3v) is 8.78. The summed E-state index contributed by atoms with van der Waals surface area (Å²) in [7, 11) is 1.73. The number of hydrogen-bond donors (Lipinski definition) is 0. The molecule has 0 aromatic rings. The van der Waals surface area contributed by atoms with E-state index < -0.39 is 0 Å². The van der Waals surface area contributed by atoms with Gasteiger partial charge >= 0.3 is 6.09 Å². The summed E-state index contributed by atoms with van der Waals surface area (Å²) in [6, 6.07) is 0. The molecule has 3 heterocycles. The van der Waals surface area contributed by atoms with E-state index >= 15 is 0 Å². The summed E-state index contributed by atoms with van der Waals surface area (Å²) in [5.41, 5.74) is 0.800. The summed E-state index contributed by atoms with van der Waals surface area (Å²) < 4.78 is 24.5. The van der Waals surface area contributed by atoms with E-state index in [9.17, 15) is 4.79 Å². The lowest BCUT2D eigenvalue weighted by Crippen LogP contribution is -2.56. The van der Waals surface area contributed by atoms with Gasteiger partial charge in [-0.2, -0.15) is 0 Å². The molecule has 4 aliphatic rings. The molecule has 1 amide bonds. The fourth-order valence-corrected chi connectivity index (χ4v) is 6.41. The molecule has 0 aromatic heterocycles. The highest BCUT2D eigenvalue weighted by molar-refractivity contribution is 5.68. The smallest absolute Gasteiger partial charge is 0.410 e. The number of methoxy groups -OCH3 is 1. The predicted octanol–water partition coefficient (Wildman–Crippen LogP) is 4.25. The molecule has 7 heteroatoms. The lowest BCUT2D eigenvalue weighted by Gasteiger charge is -2.43. The van der Waals surface area contributed by atoms with E-state index in [1.54, 1.807) is 7.11 Å². The SMILES string of the molecule is CCN(CC)CC[C@@H]1CCN(C(=O)O[C@@H]2CC[C@]3(CO3)C([C@@]3(C)O[C@@H]3CC=C(C)C)[C@@H]2OC)C1. The molecule has 3 aliphatic heterocycles. The maximum Gasteiger partial charge on any atom is 0.410 e. The van der Waals surface area contributed by atoms with E-state index in [4.69, 9.17) is 18.9 Å². The Kier molecular flexibility index (Phi) is 7.97. The fraction of sp³-hybridized carbons (Fsp3) is 0.889. The maximum absolute atomic E-state index is 13.1. The predicted molar refractivity (Wildman–Crippen MR) is 132 cm³/mol. The first-order chi connectivity index (χ1) is 16.3. The normalized spacial score (nSPS) is 38.9. The first-order valence-electron chi connectivity index (χ1n) is 13.4. The van der Waals surface area contributed by atoms with Crippen LogP contribution in [0.2, 0.25) is 0 Å². The fourth-order valence-electron chi connectivity index (χ4n) is 6.41. The van der Waals surface area contributed by atoms with Crippen LogP contribution in [-0.4, -0.2) is 91.8 Å². The quantitative estimate of drug-likeness (QED) is 0.345. The number of epoxide rings is 2. The van der Waals surface area contributed by atoms with Crippen molar-refractivity contribution in [1.29, 1.82) is 0 Å². The summed E-state index contributed by atoms with van der Waals surface area (Å²) >= 11 is 0. The first-order valence-corrected chi connectivity index (χ1v) is 13.4. The molecule has 4 rings (SSSR count). The first kappa shape index (κ1) is 25.9. The minimum absolute atomic E-state index is 0.0625. The summed E-state index contributed by atoms with van der Waals surface area (Å²) in [6.45, 7) is 16.4. The highest BCUT2D eigenvalue weighted by Crippen LogP contribution is 2.59. The number of carbonyl (C=O) groups is 1. The Bertz CT molecular complexity index is 745. The van der Waals surface area contributed by atoms with Crippen LogP contribution in [0.1, 0.15) is 66.7 Å². The Morgan fingerprint density at radius 1 is 1.24 bits per heavy atom. The molecule has 7 atom stereocenters. The number of nitrogens with zero attached hydrogens (tertiary/aromatic N) is 2. The Morgan fingerprint density at radius 2 is 1.97 bits per heavy atom. The van der Waals surface area contributed by atoms with E-state index in [1.165, 1.54) is 5.57 Å². The largest absolute Gasteiger partial charge is 0.443 e. The summed E-state index contributed by atoms with van der Waals surface area (Å²) in [5.74, 6) is 0.621. The number of ether oxygens (including phenoxy) is 4. The van der Waals surface area contributed by atoms with Gasteiger partial charge in [-0.1, -0.05) is 25.5 Å². The van der Waals surface area contributed by atoms with Crippen LogP contribution in [0, 0.1) is 11.8 Å². The molecule has 0 bridgehead atoms. The van der Waals surface area contributed by atoms with Gasteiger partial charge in [-0.3, -0.25) is 0 Å². The van der Waals surface area contributed by atoms with Crippen molar-refractivity contribution in [3.63, 3.8) is 0 Å². The molecule has 1 spiro atoms. The molecule has 1 unspecified atom stereocenters. The van der Waals surface area contributed by atoms with Gasteiger partial charge in [0.05, 0.1) is 18.6 Å². The molecule has 4 fully saturated rings. The van der Waals surface area contributed by atoms with Crippen molar-refractivity contribution in [3.05, 3.63) is 11.6 Å². The van der Waals surface area contributed by atoms with Crippen LogP contribution in [0.3, 0.4) is 0 Å². The van der Waals surface area contributed by atoms with E-state index in [0.717, 1.165) is 71.4 Å². The van der Waals surface area contributed by atoms with Crippen molar-refractivity contribution in [2.75, 3.05) is 46.4 Å². The molecule has 1 aliphatic carbocycles. The zero-order valence-electron chi connectivity index (χ0n) is 22.2. The number of allylic oxidation sites excluding steroid dienone is 1. The van der Waals surface area contributed by atoms with Gasteiger partial charge in [-0.15, -0.1) is 0 Å². The van der Waals surface area contributed by atoms with E-state index in [0.29, 0.717) is 5.92 Å². The van der Waals surface area contributed by atoms with E-state index in [2.05, 4.69) is 45.6 Å². The molecule has 0 aromatic carbocycles. The molecule has 3 saturated heterocycles. The minimum Gasteiger partial charge on any atom is -0.443 e. The van der Waals surface area contributed by atoms with Crippen molar-refractivity contribution in [2.45, 2.75) is 96.2 Å². The van der Waals surface area contributed by atoms with Crippen LogP contribution >= 0.6 is 0 Å². The highest BCUT2D eigenvalue weighted by Gasteiger charge is 2.72. The second-order valence-electron chi connectivity index (χ2n) is 11.2.